The minimum absolute atomic E-state index is 0.422. The summed E-state index contributed by atoms with van der Waals surface area (Å²) in [6.07, 6.45) is 3.21. The number of likely N-dealkylation sites (tertiary alicyclic amines) is 1. The molecule has 3 heteroatoms. The molecule has 1 rings (SSSR count). The summed E-state index contributed by atoms with van der Waals surface area (Å²) < 4.78 is 0. The molecule has 1 fully saturated rings. The number of nitrogens with zero attached hydrogens (tertiary/aromatic N) is 2. The van der Waals surface area contributed by atoms with Gasteiger partial charge in [0.25, 0.3) is 0 Å². The molecule has 0 amide bonds. The van der Waals surface area contributed by atoms with Gasteiger partial charge in [-0.05, 0) is 33.4 Å². The summed E-state index contributed by atoms with van der Waals surface area (Å²) in [5, 5.41) is 11.8. The van der Waals surface area contributed by atoms with Gasteiger partial charge in [-0.25, -0.2) is 0 Å². The summed E-state index contributed by atoms with van der Waals surface area (Å²) in [6, 6.07) is 3.31. The van der Waals surface area contributed by atoms with Gasteiger partial charge in [-0.3, -0.25) is 4.90 Å². The molecule has 0 radical (unpaired) electrons. The molecule has 3 nitrogen and oxygen atoms in total. The first-order valence-corrected chi connectivity index (χ1v) is 5.07. The first-order valence-electron chi connectivity index (χ1n) is 5.07. The Balaban J connectivity index is 2.43. The minimum Gasteiger partial charge on any atom is -0.318 e. The van der Waals surface area contributed by atoms with Crippen molar-refractivity contribution in [2.45, 2.75) is 38.3 Å². The Kier molecular flexibility index (Phi) is 4.20. The molecular weight excluding hydrogens is 162 g/mol. The van der Waals surface area contributed by atoms with Gasteiger partial charge in [0.2, 0.25) is 0 Å². The van der Waals surface area contributed by atoms with Gasteiger partial charge < -0.3 is 5.32 Å². The Morgan fingerprint density at radius 2 is 2.46 bits per heavy atom. The van der Waals surface area contributed by atoms with Gasteiger partial charge in [-0.1, -0.05) is 0 Å². The van der Waals surface area contributed by atoms with Gasteiger partial charge in [-0.15, -0.1) is 0 Å². The normalized spacial score (nSPS) is 25.8. The maximum absolute atomic E-state index is 8.62. The van der Waals surface area contributed by atoms with Crippen LogP contribution in [-0.4, -0.2) is 37.1 Å². The average molecular weight is 181 g/mol. The van der Waals surface area contributed by atoms with E-state index < -0.39 is 0 Å². The molecule has 13 heavy (non-hydrogen) atoms. The fourth-order valence-electron chi connectivity index (χ4n) is 2.14. The third-order valence-corrected chi connectivity index (χ3v) is 2.82. The van der Waals surface area contributed by atoms with Gasteiger partial charge in [0, 0.05) is 18.6 Å². The summed E-state index contributed by atoms with van der Waals surface area (Å²) in [4.78, 5) is 2.46. The molecule has 0 spiro atoms. The maximum Gasteiger partial charge on any atom is 0.0638 e. The van der Waals surface area contributed by atoms with Gasteiger partial charge in [0.1, 0.15) is 0 Å². The van der Waals surface area contributed by atoms with Crippen LogP contribution in [0.15, 0.2) is 0 Å². The predicted molar refractivity (Wildman–Crippen MR) is 53.3 cm³/mol. The van der Waals surface area contributed by atoms with Crippen molar-refractivity contribution in [3.63, 3.8) is 0 Å². The molecule has 1 aliphatic rings. The lowest BCUT2D eigenvalue weighted by molar-refractivity contribution is 0.192. The molecule has 1 heterocycles. The molecule has 0 aromatic rings. The van der Waals surface area contributed by atoms with Crippen molar-refractivity contribution in [2.24, 2.45) is 0 Å². The smallest absolute Gasteiger partial charge is 0.0638 e. The topological polar surface area (TPSA) is 39.1 Å². The summed E-state index contributed by atoms with van der Waals surface area (Å²) in [5.41, 5.74) is 0. The van der Waals surface area contributed by atoms with Crippen molar-refractivity contribution in [2.75, 3.05) is 20.1 Å². The van der Waals surface area contributed by atoms with Crippen molar-refractivity contribution in [1.29, 1.82) is 5.26 Å². The lowest BCUT2D eigenvalue weighted by Crippen LogP contribution is -2.41. The molecule has 0 saturated carbocycles. The molecule has 0 aliphatic carbocycles. The lowest BCUT2D eigenvalue weighted by atomic mass is 10.1. The highest BCUT2D eigenvalue weighted by Gasteiger charge is 2.27. The Bertz CT molecular complexity index is 185. The van der Waals surface area contributed by atoms with Crippen molar-refractivity contribution in [3.8, 4) is 6.07 Å². The van der Waals surface area contributed by atoms with Crippen LogP contribution in [0.2, 0.25) is 0 Å². The molecule has 1 aliphatic heterocycles. The van der Waals surface area contributed by atoms with Gasteiger partial charge in [0.15, 0.2) is 0 Å². The first-order chi connectivity index (χ1) is 6.29. The maximum atomic E-state index is 8.62. The van der Waals surface area contributed by atoms with E-state index in [9.17, 15) is 0 Å². The number of nitrogens with one attached hydrogen (secondary N) is 1. The van der Waals surface area contributed by atoms with Crippen molar-refractivity contribution < 1.29 is 0 Å². The molecule has 2 atom stereocenters. The monoisotopic (exact) mass is 181 g/mol. The number of likely N-dealkylation sites (N-methyl/N-ethyl adjacent to an activating group) is 1. The van der Waals surface area contributed by atoms with E-state index in [1.807, 2.05) is 7.05 Å². The van der Waals surface area contributed by atoms with E-state index in [2.05, 4.69) is 23.2 Å². The summed E-state index contributed by atoms with van der Waals surface area (Å²) >= 11 is 0. The summed E-state index contributed by atoms with van der Waals surface area (Å²) in [5.74, 6) is 0. The Morgan fingerprint density at radius 1 is 1.69 bits per heavy atom. The number of rotatable bonds is 4. The lowest BCUT2D eigenvalue weighted by Gasteiger charge is -2.29. The fraction of sp³-hybridized carbons (Fsp3) is 0.900. The Hall–Kier alpha value is -0.590. The highest BCUT2D eigenvalue weighted by Crippen LogP contribution is 2.20. The molecular formula is C10H19N3. The van der Waals surface area contributed by atoms with E-state index in [4.69, 9.17) is 5.26 Å². The SMILES string of the molecule is CNCC1CCCN1C(C)CC#N. The third-order valence-electron chi connectivity index (χ3n) is 2.82. The predicted octanol–water partition coefficient (Wildman–Crippen LogP) is 0.972. The van der Waals surface area contributed by atoms with E-state index >= 15 is 0 Å². The minimum atomic E-state index is 0.422. The molecule has 0 aromatic carbocycles. The van der Waals surface area contributed by atoms with Gasteiger partial charge in [-0.2, -0.15) is 5.26 Å². The van der Waals surface area contributed by atoms with Crippen molar-refractivity contribution in [1.82, 2.24) is 10.2 Å². The number of hydrogen-bond acceptors (Lipinski definition) is 3. The number of nitriles is 1. The van der Waals surface area contributed by atoms with E-state index in [-0.39, 0.29) is 0 Å². The van der Waals surface area contributed by atoms with E-state index in [0.717, 1.165) is 13.1 Å². The second-order valence-corrected chi connectivity index (χ2v) is 3.80. The molecule has 2 unspecified atom stereocenters. The van der Waals surface area contributed by atoms with Crippen LogP contribution in [0.25, 0.3) is 0 Å². The van der Waals surface area contributed by atoms with E-state index in [1.165, 1.54) is 12.8 Å². The Labute approximate surface area is 80.7 Å². The summed E-state index contributed by atoms with van der Waals surface area (Å²) in [7, 11) is 1.99. The summed E-state index contributed by atoms with van der Waals surface area (Å²) in [6.45, 7) is 4.36. The van der Waals surface area contributed by atoms with Gasteiger partial charge in [0.05, 0.1) is 12.5 Å². The zero-order valence-electron chi connectivity index (χ0n) is 8.58. The first kappa shape index (κ1) is 10.5. The molecule has 0 aromatic heterocycles. The molecule has 1 N–H and O–H groups in total. The van der Waals surface area contributed by atoms with Crippen LogP contribution in [0.1, 0.15) is 26.2 Å². The third kappa shape index (κ3) is 2.68. The molecule has 1 saturated heterocycles. The van der Waals surface area contributed by atoms with Crippen LogP contribution in [0.3, 0.4) is 0 Å². The zero-order chi connectivity index (χ0) is 9.68. The fourth-order valence-corrected chi connectivity index (χ4v) is 2.14. The van der Waals surface area contributed by atoms with Crippen LogP contribution in [0, 0.1) is 11.3 Å². The van der Waals surface area contributed by atoms with Crippen molar-refractivity contribution in [3.05, 3.63) is 0 Å². The van der Waals surface area contributed by atoms with Crippen LogP contribution in [0.5, 0.6) is 0 Å². The van der Waals surface area contributed by atoms with Gasteiger partial charge >= 0.3 is 0 Å². The van der Waals surface area contributed by atoms with Crippen LogP contribution >= 0.6 is 0 Å². The molecule has 74 valence electrons. The number of hydrogen-bond donors (Lipinski definition) is 1. The molecule has 0 bridgehead atoms. The van der Waals surface area contributed by atoms with Crippen LogP contribution < -0.4 is 5.32 Å². The van der Waals surface area contributed by atoms with Crippen molar-refractivity contribution >= 4 is 0 Å². The Morgan fingerprint density at radius 3 is 3.08 bits per heavy atom. The highest BCUT2D eigenvalue weighted by molar-refractivity contribution is 4.88. The van der Waals surface area contributed by atoms with E-state index in [1.54, 1.807) is 0 Å². The van der Waals surface area contributed by atoms with Crippen LogP contribution in [-0.2, 0) is 0 Å². The largest absolute Gasteiger partial charge is 0.318 e. The quantitative estimate of drug-likeness (QED) is 0.702. The zero-order valence-corrected chi connectivity index (χ0v) is 8.58. The standard InChI is InChI=1S/C10H19N3/c1-9(5-6-11)13-7-3-4-10(13)8-12-2/h9-10,12H,3-5,7-8H2,1-2H3. The van der Waals surface area contributed by atoms with E-state index in [0.29, 0.717) is 18.5 Å². The second kappa shape index (κ2) is 5.21. The average Bonchev–Trinajstić information content (AvgIpc) is 2.54. The second-order valence-electron chi connectivity index (χ2n) is 3.80. The highest BCUT2D eigenvalue weighted by atomic mass is 15.2. The van der Waals surface area contributed by atoms with Crippen LogP contribution in [0.4, 0.5) is 0 Å².